The van der Waals surface area contributed by atoms with Crippen molar-refractivity contribution >= 4 is 22.6 Å². The van der Waals surface area contributed by atoms with Crippen LogP contribution in [0.15, 0.2) is 36.4 Å². The van der Waals surface area contributed by atoms with Gasteiger partial charge in [-0.3, -0.25) is 9.59 Å². The van der Waals surface area contributed by atoms with Gasteiger partial charge in [-0.05, 0) is 29.7 Å². The van der Waals surface area contributed by atoms with Crippen LogP contribution in [0.2, 0.25) is 0 Å². The number of ether oxygens (including phenoxy) is 1. The van der Waals surface area contributed by atoms with Crippen molar-refractivity contribution in [2.45, 2.75) is 38.3 Å². The van der Waals surface area contributed by atoms with Gasteiger partial charge in [0.2, 0.25) is 11.8 Å². The van der Waals surface area contributed by atoms with Crippen LogP contribution < -0.4 is 15.8 Å². The Labute approximate surface area is 159 Å². The van der Waals surface area contributed by atoms with Crippen molar-refractivity contribution in [2.75, 3.05) is 20.2 Å². The van der Waals surface area contributed by atoms with Gasteiger partial charge in [-0.25, -0.2) is 0 Å². The van der Waals surface area contributed by atoms with E-state index in [1.807, 2.05) is 29.2 Å². The predicted octanol–water partition coefficient (Wildman–Crippen LogP) is 2.19. The van der Waals surface area contributed by atoms with Gasteiger partial charge in [-0.2, -0.15) is 0 Å². The normalized spacial score (nSPS) is 14.3. The van der Waals surface area contributed by atoms with Crippen LogP contribution in [0, 0.1) is 0 Å². The molecular formula is C21H27N3O3. The second-order valence-corrected chi connectivity index (χ2v) is 6.91. The molecule has 27 heavy (non-hydrogen) atoms. The van der Waals surface area contributed by atoms with Crippen LogP contribution in [-0.4, -0.2) is 43.0 Å². The standard InChI is InChI=1S/C21H27N3O3/c1-27-19-11-10-15-6-2-5-9-17(15)18(19)14-24(16-7-3-4-8-16)21(26)13-23-20(25)12-22/h2,5-6,9-11,16H,3-4,7-8,12-14,22H2,1H3,(H,23,25). The van der Waals surface area contributed by atoms with Crippen LogP contribution in [0.1, 0.15) is 31.2 Å². The van der Waals surface area contributed by atoms with E-state index in [1.165, 1.54) is 0 Å². The third-order valence-corrected chi connectivity index (χ3v) is 5.25. The van der Waals surface area contributed by atoms with Gasteiger partial charge in [0.05, 0.1) is 26.7 Å². The van der Waals surface area contributed by atoms with Crippen molar-refractivity contribution in [1.82, 2.24) is 10.2 Å². The van der Waals surface area contributed by atoms with Crippen LogP contribution in [0.25, 0.3) is 10.8 Å². The Kier molecular flexibility index (Phi) is 6.29. The van der Waals surface area contributed by atoms with Crippen LogP contribution in [0.3, 0.4) is 0 Å². The Bertz CT molecular complexity index is 815. The molecule has 2 aromatic carbocycles. The number of carbonyl (C=O) groups is 2. The molecule has 6 nitrogen and oxygen atoms in total. The molecule has 3 rings (SSSR count). The Hall–Kier alpha value is -2.60. The highest BCUT2D eigenvalue weighted by Gasteiger charge is 2.28. The first kappa shape index (κ1) is 19.2. The van der Waals surface area contributed by atoms with Crippen molar-refractivity contribution in [3.8, 4) is 5.75 Å². The van der Waals surface area contributed by atoms with E-state index >= 15 is 0 Å². The molecule has 1 fully saturated rings. The van der Waals surface area contributed by atoms with Gasteiger partial charge in [0.25, 0.3) is 0 Å². The number of nitrogens with two attached hydrogens (primary N) is 1. The Morgan fingerprint density at radius 1 is 1.19 bits per heavy atom. The zero-order valence-corrected chi connectivity index (χ0v) is 15.7. The highest BCUT2D eigenvalue weighted by Crippen LogP contribution is 2.32. The number of amides is 2. The predicted molar refractivity (Wildman–Crippen MR) is 105 cm³/mol. The van der Waals surface area contributed by atoms with E-state index in [9.17, 15) is 9.59 Å². The van der Waals surface area contributed by atoms with Crippen LogP contribution >= 0.6 is 0 Å². The first-order valence-corrected chi connectivity index (χ1v) is 9.45. The summed E-state index contributed by atoms with van der Waals surface area (Å²) in [5.74, 6) is 0.367. The lowest BCUT2D eigenvalue weighted by Crippen LogP contribution is -2.45. The molecule has 0 radical (unpaired) electrons. The molecule has 0 aromatic heterocycles. The maximum absolute atomic E-state index is 12.9. The summed E-state index contributed by atoms with van der Waals surface area (Å²) in [5.41, 5.74) is 6.33. The van der Waals surface area contributed by atoms with Crippen LogP contribution in [0.4, 0.5) is 0 Å². The lowest BCUT2D eigenvalue weighted by atomic mass is 10.0. The topological polar surface area (TPSA) is 84.7 Å². The zero-order chi connectivity index (χ0) is 19.2. The molecular weight excluding hydrogens is 342 g/mol. The minimum Gasteiger partial charge on any atom is -0.496 e. The minimum atomic E-state index is -0.322. The smallest absolute Gasteiger partial charge is 0.242 e. The molecule has 0 spiro atoms. The van der Waals surface area contributed by atoms with Crippen molar-refractivity contribution < 1.29 is 14.3 Å². The maximum atomic E-state index is 12.9. The largest absolute Gasteiger partial charge is 0.496 e. The third-order valence-electron chi connectivity index (χ3n) is 5.25. The summed E-state index contributed by atoms with van der Waals surface area (Å²) < 4.78 is 5.59. The fourth-order valence-corrected chi connectivity index (χ4v) is 3.83. The molecule has 2 aromatic rings. The maximum Gasteiger partial charge on any atom is 0.242 e. The van der Waals surface area contributed by atoms with Crippen LogP contribution in [0.5, 0.6) is 5.75 Å². The second-order valence-electron chi connectivity index (χ2n) is 6.91. The Morgan fingerprint density at radius 3 is 2.63 bits per heavy atom. The SMILES string of the molecule is COc1ccc2ccccc2c1CN(C(=O)CNC(=O)CN)C1CCCC1. The van der Waals surface area contributed by atoms with Gasteiger partial charge in [0.1, 0.15) is 5.75 Å². The van der Waals surface area contributed by atoms with Crippen molar-refractivity contribution in [3.63, 3.8) is 0 Å². The van der Waals surface area contributed by atoms with Gasteiger partial charge in [0.15, 0.2) is 0 Å². The number of nitrogens with zero attached hydrogens (tertiary/aromatic N) is 1. The quantitative estimate of drug-likeness (QED) is 0.784. The number of methoxy groups -OCH3 is 1. The molecule has 0 atom stereocenters. The van der Waals surface area contributed by atoms with E-state index in [4.69, 9.17) is 10.5 Å². The number of hydrogen-bond donors (Lipinski definition) is 2. The first-order valence-electron chi connectivity index (χ1n) is 9.45. The van der Waals surface area contributed by atoms with E-state index in [0.717, 1.165) is 47.8 Å². The van der Waals surface area contributed by atoms with Gasteiger partial charge in [0, 0.05) is 11.6 Å². The molecule has 0 heterocycles. The number of rotatable bonds is 7. The summed E-state index contributed by atoms with van der Waals surface area (Å²) in [7, 11) is 1.65. The average Bonchev–Trinajstić information content (AvgIpc) is 3.24. The molecule has 3 N–H and O–H groups in total. The Morgan fingerprint density at radius 2 is 1.93 bits per heavy atom. The van der Waals surface area contributed by atoms with Crippen molar-refractivity contribution in [2.24, 2.45) is 5.73 Å². The molecule has 0 saturated heterocycles. The molecule has 0 aliphatic heterocycles. The molecule has 2 amide bonds. The molecule has 1 aliphatic carbocycles. The molecule has 6 heteroatoms. The summed E-state index contributed by atoms with van der Waals surface area (Å²) >= 11 is 0. The van der Waals surface area contributed by atoms with Gasteiger partial charge in [-0.15, -0.1) is 0 Å². The number of carbonyl (C=O) groups excluding carboxylic acids is 2. The fraction of sp³-hybridized carbons (Fsp3) is 0.429. The van der Waals surface area contributed by atoms with Crippen molar-refractivity contribution in [3.05, 3.63) is 42.0 Å². The molecule has 1 saturated carbocycles. The summed E-state index contributed by atoms with van der Waals surface area (Å²) in [6.07, 6.45) is 4.22. The first-order chi connectivity index (χ1) is 13.1. The van der Waals surface area contributed by atoms with E-state index in [1.54, 1.807) is 7.11 Å². The number of fused-ring (bicyclic) bond motifs is 1. The van der Waals surface area contributed by atoms with Gasteiger partial charge >= 0.3 is 0 Å². The van der Waals surface area contributed by atoms with Gasteiger partial charge < -0.3 is 20.7 Å². The summed E-state index contributed by atoms with van der Waals surface area (Å²) in [6, 6.07) is 12.3. The van der Waals surface area contributed by atoms with Crippen LogP contribution in [-0.2, 0) is 16.1 Å². The number of benzene rings is 2. The van der Waals surface area contributed by atoms with Gasteiger partial charge in [-0.1, -0.05) is 43.2 Å². The van der Waals surface area contributed by atoms with E-state index in [2.05, 4.69) is 17.4 Å². The highest BCUT2D eigenvalue weighted by atomic mass is 16.5. The van der Waals surface area contributed by atoms with E-state index < -0.39 is 0 Å². The third kappa shape index (κ3) is 4.39. The molecule has 0 unspecified atom stereocenters. The second kappa shape index (κ2) is 8.86. The van der Waals surface area contributed by atoms with Crippen molar-refractivity contribution in [1.29, 1.82) is 0 Å². The molecule has 1 aliphatic rings. The number of nitrogens with one attached hydrogen (secondary N) is 1. The van der Waals surface area contributed by atoms with E-state index in [-0.39, 0.29) is 30.9 Å². The zero-order valence-electron chi connectivity index (χ0n) is 15.7. The monoisotopic (exact) mass is 369 g/mol. The molecule has 0 bridgehead atoms. The molecule has 144 valence electrons. The Balaban J connectivity index is 1.91. The summed E-state index contributed by atoms with van der Waals surface area (Å²) in [6.45, 7) is 0.319. The summed E-state index contributed by atoms with van der Waals surface area (Å²) in [4.78, 5) is 26.3. The highest BCUT2D eigenvalue weighted by molar-refractivity contribution is 5.89. The number of hydrogen-bond acceptors (Lipinski definition) is 4. The minimum absolute atomic E-state index is 0.0282. The fourth-order valence-electron chi connectivity index (χ4n) is 3.83. The lowest BCUT2D eigenvalue weighted by Gasteiger charge is -2.30. The summed E-state index contributed by atoms with van der Waals surface area (Å²) in [5, 5.41) is 4.80. The lowest BCUT2D eigenvalue weighted by molar-refractivity contribution is -0.135. The average molecular weight is 369 g/mol. The van der Waals surface area contributed by atoms with E-state index in [0.29, 0.717) is 6.54 Å².